The van der Waals surface area contributed by atoms with Gasteiger partial charge in [-0.3, -0.25) is 4.79 Å². The lowest BCUT2D eigenvalue weighted by atomic mass is 10.1. The minimum absolute atomic E-state index is 0.102. The normalized spacial score (nSPS) is 9.69. The van der Waals surface area contributed by atoms with Crippen molar-refractivity contribution >= 4 is 11.7 Å². The number of unbranched alkanes of at least 4 members (excludes halogenated alkanes) is 1. The Morgan fingerprint density at radius 2 is 1.77 bits per heavy atom. The van der Waals surface area contributed by atoms with Crippen LogP contribution >= 0.6 is 0 Å². The number of Topliss-reactive ketones (excluding diaryl/α,β-unsaturated/α-hetero) is 1. The van der Waals surface area contributed by atoms with Crippen LogP contribution in [0.5, 0.6) is 0 Å². The smallest absolute Gasteiger partial charge is 0.219 e. The number of hydrogen-bond donors (Lipinski definition) is 1. The summed E-state index contributed by atoms with van der Waals surface area (Å²) < 4.78 is 0. The molecule has 0 aromatic heterocycles. The molecule has 0 aromatic carbocycles. The molecule has 1 amide bonds. The fraction of sp³-hybridized carbons (Fsp3) is 0.800. The number of rotatable bonds is 7. The first-order chi connectivity index (χ1) is 6.16. The van der Waals surface area contributed by atoms with E-state index in [9.17, 15) is 9.59 Å². The van der Waals surface area contributed by atoms with Crippen molar-refractivity contribution in [2.24, 2.45) is 0 Å². The third kappa shape index (κ3) is 9.05. The van der Waals surface area contributed by atoms with Gasteiger partial charge in [0.1, 0.15) is 5.78 Å². The van der Waals surface area contributed by atoms with E-state index >= 15 is 0 Å². The number of ketones is 1. The van der Waals surface area contributed by atoms with Crippen LogP contribution < -0.4 is 5.32 Å². The number of hydrogen-bond acceptors (Lipinski definition) is 2. The summed E-state index contributed by atoms with van der Waals surface area (Å²) in [7, 11) is 0. The Morgan fingerprint density at radius 3 is 2.31 bits per heavy atom. The van der Waals surface area contributed by atoms with E-state index in [1.807, 2.05) is 6.92 Å². The lowest BCUT2D eigenvalue weighted by Gasteiger charge is -2.02. The number of amides is 1. The Labute approximate surface area is 79.9 Å². The highest BCUT2D eigenvalue weighted by atomic mass is 16.1. The van der Waals surface area contributed by atoms with E-state index in [-0.39, 0.29) is 11.7 Å². The predicted octanol–water partition coefficient (Wildman–Crippen LogP) is 1.66. The average Bonchev–Trinajstić information content (AvgIpc) is 2.08. The molecule has 0 aliphatic carbocycles. The third-order valence-electron chi connectivity index (χ3n) is 1.75. The van der Waals surface area contributed by atoms with Gasteiger partial charge in [-0.1, -0.05) is 6.92 Å². The quantitative estimate of drug-likeness (QED) is 0.613. The molecular weight excluding hydrogens is 166 g/mol. The van der Waals surface area contributed by atoms with Gasteiger partial charge in [-0.15, -0.1) is 0 Å². The first-order valence-corrected chi connectivity index (χ1v) is 4.93. The highest BCUT2D eigenvalue weighted by Gasteiger charge is 2.00. The third-order valence-corrected chi connectivity index (χ3v) is 1.75. The largest absolute Gasteiger partial charge is 0.356 e. The van der Waals surface area contributed by atoms with Crippen LogP contribution in [0, 0.1) is 0 Å². The summed E-state index contributed by atoms with van der Waals surface area (Å²) in [5, 5.41) is 2.80. The van der Waals surface area contributed by atoms with Gasteiger partial charge in [0.2, 0.25) is 5.91 Å². The van der Waals surface area contributed by atoms with E-state index in [1.165, 1.54) is 0 Å². The number of carbonyl (C=O) groups excluding carboxylic acids is 2. The summed E-state index contributed by atoms with van der Waals surface area (Å²) in [5.41, 5.74) is 0. The second kappa shape index (κ2) is 7.77. The number of carbonyl (C=O) groups is 2. The van der Waals surface area contributed by atoms with Crippen molar-refractivity contribution in [3.05, 3.63) is 0 Å². The van der Waals surface area contributed by atoms with Crippen molar-refractivity contribution in [2.75, 3.05) is 6.54 Å². The summed E-state index contributed by atoms with van der Waals surface area (Å²) in [5.74, 6) is 0.305. The zero-order valence-electron chi connectivity index (χ0n) is 8.56. The Morgan fingerprint density at radius 1 is 1.15 bits per heavy atom. The van der Waals surface area contributed by atoms with E-state index in [2.05, 4.69) is 5.32 Å². The van der Waals surface area contributed by atoms with E-state index in [1.54, 1.807) is 6.92 Å². The molecule has 13 heavy (non-hydrogen) atoms. The minimum Gasteiger partial charge on any atom is -0.356 e. The summed E-state index contributed by atoms with van der Waals surface area (Å²) >= 11 is 0. The maximum atomic E-state index is 11.1. The standard InChI is InChI=1S/C10H19NO2/c1-3-8-11-10(13)7-5-4-6-9(2)12/h3-8H2,1-2H3,(H,11,13). The molecule has 0 aliphatic rings. The van der Waals surface area contributed by atoms with Gasteiger partial charge in [0.15, 0.2) is 0 Å². The van der Waals surface area contributed by atoms with E-state index in [4.69, 9.17) is 0 Å². The topological polar surface area (TPSA) is 46.2 Å². The zero-order chi connectivity index (χ0) is 10.1. The monoisotopic (exact) mass is 185 g/mol. The second-order valence-corrected chi connectivity index (χ2v) is 3.26. The van der Waals surface area contributed by atoms with Gasteiger partial charge >= 0.3 is 0 Å². The Balaban J connectivity index is 3.22. The molecule has 0 spiro atoms. The van der Waals surface area contributed by atoms with Crippen LogP contribution in [-0.2, 0) is 9.59 Å². The van der Waals surface area contributed by atoms with Gasteiger partial charge in [-0.25, -0.2) is 0 Å². The molecule has 76 valence electrons. The molecule has 0 fully saturated rings. The van der Waals surface area contributed by atoms with Gasteiger partial charge < -0.3 is 10.1 Å². The van der Waals surface area contributed by atoms with E-state index in [0.717, 1.165) is 25.8 Å². The summed E-state index contributed by atoms with van der Waals surface area (Å²) in [6.45, 7) is 4.36. The van der Waals surface area contributed by atoms with Crippen molar-refractivity contribution < 1.29 is 9.59 Å². The summed E-state index contributed by atoms with van der Waals surface area (Å²) in [6.07, 6.45) is 3.76. The van der Waals surface area contributed by atoms with Crippen LogP contribution in [0.4, 0.5) is 0 Å². The van der Waals surface area contributed by atoms with Crippen LogP contribution in [0.15, 0.2) is 0 Å². The fourth-order valence-corrected chi connectivity index (χ4v) is 1.01. The molecule has 0 radical (unpaired) electrons. The molecule has 0 rings (SSSR count). The van der Waals surface area contributed by atoms with Crippen LogP contribution in [0.3, 0.4) is 0 Å². The lowest BCUT2D eigenvalue weighted by Crippen LogP contribution is -2.23. The molecule has 0 heterocycles. The molecular formula is C10H19NO2. The predicted molar refractivity (Wildman–Crippen MR) is 52.4 cm³/mol. The molecule has 0 aromatic rings. The Hall–Kier alpha value is -0.860. The van der Waals surface area contributed by atoms with Crippen LogP contribution in [0.1, 0.15) is 46.0 Å². The van der Waals surface area contributed by atoms with Crippen molar-refractivity contribution in [3.63, 3.8) is 0 Å². The fourth-order valence-electron chi connectivity index (χ4n) is 1.01. The first-order valence-electron chi connectivity index (χ1n) is 4.93. The molecule has 0 bridgehead atoms. The van der Waals surface area contributed by atoms with Gasteiger partial charge in [-0.05, 0) is 26.2 Å². The molecule has 0 saturated carbocycles. The molecule has 1 N–H and O–H groups in total. The van der Waals surface area contributed by atoms with Crippen LogP contribution in [-0.4, -0.2) is 18.2 Å². The van der Waals surface area contributed by atoms with E-state index < -0.39 is 0 Å². The van der Waals surface area contributed by atoms with Crippen molar-refractivity contribution in [3.8, 4) is 0 Å². The Kier molecular flexibility index (Phi) is 7.26. The summed E-state index contributed by atoms with van der Waals surface area (Å²) in [6, 6.07) is 0. The molecule has 3 heteroatoms. The first kappa shape index (κ1) is 12.1. The molecule has 3 nitrogen and oxygen atoms in total. The SMILES string of the molecule is CCCNC(=O)CCCCC(C)=O. The second-order valence-electron chi connectivity index (χ2n) is 3.26. The Bertz CT molecular complexity index is 166. The van der Waals surface area contributed by atoms with E-state index in [0.29, 0.717) is 12.8 Å². The van der Waals surface area contributed by atoms with Crippen molar-refractivity contribution in [1.29, 1.82) is 0 Å². The minimum atomic E-state index is 0.102. The maximum Gasteiger partial charge on any atom is 0.219 e. The van der Waals surface area contributed by atoms with Crippen LogP contribution in [0.25, 0.3) is 0 Å². The average molecular weight is 185 g/mol. The molecule has 0 atom stereocenters. The zero-order valence-corrected chi connectivity index (χ0v) is 8.56. The van der Waals surface area contributed by atoms with Gasteiger partial charge in [0.25, 0.3) is 0 Å². The highest BCUT2D eigenvalue weighted by Crippen LogP contribution is 1.99. The van der Waals surface area contributed by atoms with Crippen molar-refractivity contribution in [1.82, 2.24) is 5.32 Å². The van der Waals surface area contributed by atoms with Crippen molar-refractivity contribution in [2.45, 2.75) is 46.0 Å². The summed E-state index contributed by atoms with van der Waals surface area (Å²) in [4.78, 5) is 21.6. The lowest BCUT2D eigenvalue weighted by molar-refractivity contribution is -0.121. The molecule has 0 aliphatic heterocycles. The molecule has 0 saturated heterocycles. The van der Waals surface area contributed by atoms with Gasteiger partial charge in [0.05, 0.1) is 0 Å². The number of nitrogens with one attached hydrogen (secondary N) is 1. The van der Waals surface area contributed by atoms with Crippen LogP contribution in [0.2, 0.25) is 0 Å². The highest BCUT2D eigenvalue weighted by molar-refractivity contribution is 5.76. The van der Waals surface area contributed by atoms with Gasteiger partial charge in [0, 0.05) is 19.4 Å². The maximum absolute atomic E-state index is 11.1. The molecule has 0 unspecified atom stereocenters. The van der Waals surface area contributed by atoms with Gasteiger partial charge in [-0.2, -0.15) is 0 Å².